The largest absolute Gasteiger partial charge is 0.348 e. The Hall–Kier alpha value is -1.15. The van der Waals surface area contributed by atoms with Crippen LogP contribution < -0.4 is 0 Å². The minimum atomic E-state index is -0.635. The van der Waals surface area contributed by atoms with Crippen molar-refractivity contribution in [3.05, 3.63) is 0 Å². The van der Waals surface area contributed by atoms with Crippen LogP contribution in [0, 0.1) is 5.92 Å². The van der Waals surface area contributed by atoms with Crippen molar-refractivity contribution in [3.8, 4) is 0 Å². The first-order valence-electron chi connectivity index (χ1n) is 9.04. The van der Waals surface area contributed by atoms with Gasteiger partial charge in [0.25, 0.3) is 0 Å². The van der Waals surface area contributed by atoms with E-state index >= 15 is 0 Å². The van der Waals surface area contributed by atoms with Gasteiger partial charge in [-0.25, -0.2) is 0 Å². The molecular formula is C18H26O7. The van der Waals surface area contributed by atoms with E-state index in [0.717, 1.165) is 12.8 Å². The first kappa shape index (κ1) is 18.6. The molecule has 2 saturated heterocycles. The number of Topliss-reactive ketones (excluding diaryl/α,β-unsaturated/α-hetero) is 3. The fourth-order valence-corrected chi connectivity index (χ4v) is 3.84. The second-order valence-electron chi connectivity index (χ2n) is 7.09. The Labute approximate surface area is 147 Å². The molecule has 0 aromatic rings. The lowest BCUT2D eigenvalue weighted by Gasteiger charge is -2.34. The summed E-state index contributed by atoms with van der Waals surface area (Å²) < 4.78 is 21.9. The molecule has 0 aromatic carbocycles. The molecule has 4 aliphatic rings. The Morgan fingerprint density at radius 2 is 1.32 bits per heavy atom. The van der Waals surface area contributed by atoms with Gasteiger partial charge < -0.3 is 18.9 Å². The van der Waals surface area contributed by atoms with Crippen molar-refractivity contribution >= 4 is 17.3 Å². The Balaban J connectivity index is 0.000000150. The van der Waals surface area contributed by atoms with Crippen LogP contribution in [0.3, 0.4) is 0 Å². The summed E-state index contributed by atoms with van der Waals surface area (Å²) in [6.45, 7) is 3.97. The number of rotatable bonds is 1. The van der Waals surface area contributed by atoms with E-state index in [4.69, 9.17) is 18.9 Å². The molecule has 0 amide bonds. The second kappa shape index (κ2) is 7.61. The van der Waals surface area contributed by atoms with Crippen molar-refractivity contribution in [3.63, 3.8) is 0 Å². The lowest BCUT2D eigenvalue weighted by atomic mass is 9.81. The maximum Gasteiger partial charge on any atom is 0.170 e. The molecule has 2 aliphatic carbocycles. The minimum Gasteiger partial charge on any atom is -0.348 e. The Kier molecular flexibility index (Phi) is 5.68. The van der Waals surface area contributed by atoms with Gasteiger partial charge in [0.2, 0.25) is 0 Å². The highest BCUT2D eigenvalue weighted by Gasteiger charge is 2.46. The molecule has 1 unspecified atom stereocenters. The van der Waals surface area contributed by atoms with Gasteiger partial charge in [0, 0.05) is 44.9 Å². The van der Waals surface area contributed by atoms with Crippen LogP contribution in [0.25, 0.3) is 0 Å². The molecule has 7 nitrogen and oxygen atoms in total. The van der Waals surface area contributed by atoms with Crippen LogP contribution in [0.1, 0.15) is 51.9 Å². The fourth-order valence-electron chi connectivity index (χ4n) is 3.84. The van der Waals surface area contributed by atoms with Gasteiger partial charge in [-0.3, -0.25) is 14.4 Å². The molecule has 2 spiro atoms. The summed E-state index contributed by atoms with van der Waals surface area (Å²) in [7, 11) is 0. The number of ether oxygens (including phenoxy) is 4. The number of hydrogen-bond donors (Lipinski definition) is 0. The van der Waals surface area contributed by atoms with Gasteiger partial charge in [-0.1, -0.05) is 0 Å². The highest BCUT2D eigenvalue weighted by molar-refractivity contribution is 6.01. The van der Waals surface area contributed by atoms with Crippen LogP contribution in [0.4, 0.5) is 0 Å². The third kappa shape index (κ3) is 4.34. The highest BCUT2D eigenvalue weighted by Crippen LogP contribution is 2.37. The Bertz CT molecular complexity index is 518. The van der Waals surface area contributed by atoms with Gasteiger partial charge in [0.05, 0.1) is 32.3 Å². The molecular weight excluding hydrogens is 328 g/mol. The molecule has 140 valence electrons. The Morgan fingerprint density at radius 1 is 0.840 bits per heavy atom. The molecule has 2 saturated carbocycles. The standard InChI is InChI=1S/C10H14O4.C8H12O3/c1-7(11)8-6-10(3-2-9(8)12)13-4-5-14-10;9-7-1-3-8(4-2-7)10-5-6-11-8/h8H,2-6H2,1H3;1-6H2. The van der Waals surface area contributed by atoms with Crippen molar-refractivity contribution in [2.75, 3.05) is 26.4 Å². The topological polar surface area (TPSA) is 88.1 Å². The van der Waals surface area contributed by atoms with E-state index in [2.05, 4.69) is 0 Å². The monoisotopic (exact) mass is 354 g/mol. The molecule has 25 heavy (non-hydrogen) atoms. The van der Waals surface area contributed by atoms with Crippen LogP contribution in [0.2, 0.25) is 0 Å². The molecule has 0 N–H and O–H groups in total. The van der Waals surface area contributed by atoms with E-state index < -0.39 is 11.7 Å². The molecule has 2 aliphatic heterocycles. The van der Waals surface area contributed by atoms with Crippen LogP contribution in [-0.2, 0) is 33.3 Å². The van der Waals surface area contributed by atoms with Crippen LogP contribution >= 0.6 is 0 Å². The smallest absolute Gasteiger partial charge is 0.170 e. The summed E-state index contributed by atoms with van der Waals surface area (Å²) in [5, 5.41) is 0. The van der Waals surface area contributed by atoms with E-state index in [0.29, 0.717) is 64.3 Å². The van der Waals surface area contributed by atoms with Crippen molar-refractivity contribution in [2.24, 2.45) is 5.92 Å². The SMILES string of the molecule is CC(=O)C1CC2(CCC1=O)OCCO2.O=C1CCC2(CC1)OCCO2. The summed E-state index contributed by atoms with van der Waals surface area (Å²) in [4.78, 5) is 33.6. The minimum absolute atomic E-state index is 0.0298. The van der Waals surface area contributed by atoms with Gasteiger partial charge in [-0.2, -0.15) is 0 Å². The van der Waals surface area contributed by atoms with Gasteiger partial charge in [0.15, 0.2) is 11.6 Å². The first-order chi connectivity index (χ1) is 11.9. The molecule has 7 heteroatoms. The lowest BCUT2D eigenvalue weighted by Crippen LogP contribution is -2.42. The van der Waals surface area contributed by atoms with Gasteiger partial charge in [-0.15, -0.1) is 0 Å². The number of ketones is 3. The zero-order valence-corrected chi connectivity index (χ0v) is 14.7. The third-order valence-corrected chi connectivity index (χ3v) is 5.34. The fraction of sp³-hybridized carbons (Fsp3) is 0.833. The number of carbonyl (C=O) groups excluding carboxylic acids is 3. The Morgan fingerprint density at radius 3 is 1.84 bits per heavy atom. The van der Waals surface area contributed by atoms with Gasteiger partial charge in [0.1, 0.15) is 17.3 Å². The molecule has 0 radical (unpaired) electrons. The van der Waals surface area contributed by atoms with Gasteiger partial charge >= 0.3 is 0 Å². The quantitative estimate of drug-likeness (QED) is 0.660. The predicted molar refractivity (Wildman–Crippen MR) is 85.8 cm³/mol. The number of hydrogen-bond acceptors (Lipinski definition) is 7. The molecule has 0 aromatic heterocycles. The van der Waals surface area contributed by atoms with Crippen molar-refractivity contribution in [2.45, 2.75) is 63.4 Å². The maximum atomic E-state index is 11.4. The summed E-state index contributed by atoms with van der Waals surface area (Å²) in [5.41, 5.74) is 0. The third-order valence-electron chi connectivity index (χ3n) is 5.34. The molecule has 4 fully saturated rings. The molecule has 0 bridgehead atoms. The summed E-state index contributed by atoms with van der Waals surface area (Å²) in [6, 6.07) is 0. The summed E-state index contributed by atoms with van der Waals surface area (Å²) in [6.07, 6.45) is 4.15. The van der Waals surface area contributed by atoms with Crippen LogP contribution in [0.5, 0.6) is 0 Å². The summed E-state index contributed by atoms with van der Waals surface area (Å²) in [5.74, 6) is -1.22. The van der Waals surface area contributed by atoms with Crippen molar-refractivity contribution < 1.29 is 33.3 Å². The zero-order chi connectivity index (χ0) is 17.9. The molecule has 2 heterocycles. The van der Waals surface area contributed by atoms with E-state index in [1.165, 1.54) is 6.92 Å². The number of carbonyl (C=O) groups is 3. The van der Waals surface area contributed by atoms with E-state index in [9.17, 15) is 14.4 Å². The van der Waals surface area contributed by atoms with E-state index in [1.807, 2.05) is 0 Å². The summed E-state index contributed by atoms with van der Waals surface area (Å²) >= 11 is 0. The maximum absolute atomic E-state index is 11.4. The predicted octanol–water partition coefficient (Wildman–Crippen LogP) is 1.56. The van der Waals surface area contributed by atoms with Crippen LogP contribution in [-0.4, -0.2) is 55.4 Å². The van der Waals surface area contributed by atoms with Gasteiger partial charge in [-0.05, 0) is 6.92 Å². The second-order valence-corrected chi connectivity index (χ2v) is 7.09. The first-order valence-corrected chi connectivity index (χ1v) is 9.04. The average Bonchev–Trinajstić information content (AvgIpc) is 3.24. The lowest BCUT2D eigenvalue weighted by molar-refractivity contribution is -0.190. The van der Waals surface area contributed by atoms with Crippen molar-refractivity contribution in [1.29, 1.82) is 0 Å². The zero-order valence-electron chi connectivity index (χ0n) is 14.7. The van der Waals surface area contributed by atoms with Crippen molar-refractivity contribution in [1.82, 2.24) is 0 Å². The molecule has 1 atom stereocenters. The van der Waals surface area contributed by atoms with E-state index in [1.54, 1.807) is 0 Å². The molecule has 4 rings (SSSR count). The van der Waals surface area contributed by atoms with E-state index in [-0.39, 0.29) is 17.4 Å². The van der Waals surface area contributed by atoms with Crippen LogP contribution in [0.15, 0.2) is 0 Å². The normalized spacial score (nSPS) is 30.4. The average molecular weight is 354 g/mol. The highest BCUT2D eigenvalue weighted by atomic mass is 16.7.